The van der Waals surface area contributed by atoms with Crippen molar-refractivity contribution in [3.63, 3.8) is 0 Å². The van der Waals surface area contributed by atoms with Gasteiger partial charge in [0.1, 0.15) is 11.1 Å². The second-order valence-corrected chi connectivity index (χ2v) is 3.93. The Hall–Kier alpha value is -2.30. The van der Waals surface area contributed by atoms with E-state index in [0.717, 1.165) is 5.56 Å². The van der Waals surface area contributed by atoms with Gasteiger partial charge in [0.05, 0.1) is 5.39 Å². The first-order chi connectivity index (χ1) is 8.06. The number of hydrogen-bond donors (Lipinski definition) is 1. The van der Waals surface area contributed by atoms with Crippen LogP contribution in [0.4, 0.5) is 0 Å². The molecule has 5 heteroatoms. The number of aromatic hydroxyl groups is 1. The van der Waals surface area contributed by atoms with Crippen LogP contribution in [-0.4, -0.2) is 10.1 Å². The molecule has 3 rings (SSSR count). The Balaban J connectivity index is 2.67. The van der Waals surface area contributed by atoms with Crippen molar-refractivity contribution in [1.29, 1.82) is 0 Å². The van der Waals surface area contributed by atoms with Gasteiger partial charge in [0.25, 0.3) is 0 Å². The number of aryl methyl sites for hydroxylation is 2. The first kappa shape index (κ1) is 9.89. The number of aromatic nitrogens is 1. The SMILES string of the molecule is Cc1nc2c(o1)c(O)cc1oc(=O)cc(C)c12. The maximum Gasteiger partial charge on any atom is 0.336 e. The zero-order valence-corrected chi connectivity index (χ0v) is 9.27. The Kier molecular flexibility index (Phi) is 1.80. The lowest BCUT2D eigenvalue weighted by atomic mass is 10.1. The van der Waals surface area contributed by atoms with Crippen molar-refractivity contribution in [2.75, 3.05) is 0 Å². The molecule has 0 aliphatic carbocycles. The van der Waals surface area contributed by atoms with Crippen molar-refractivity contribution < 1.29 is 13.9 Å². The largest absolute Gasteiger partial charge is 0.504 e. The number of rotatable bonds is 0. The first-order valence-electron chi connectivity index (χ1n) is 5.10. The van der Waals surface area contributed by atoms with Crippen LogP contribution in [0.2, 0.25) is 0 Å². The lowest BCUT2D eigenvalue weighted by Crippen LogP contribution is -1.98. The summed E-state index contributed by atoms with van der Waals surface area (Å²) in [5.41, 5.74) is 1.43. The van der Waals surface area contributed by atoms with E-state index in [1.54, 1.807) is 13.8 Å². The quantitative estimate of drug-likeness (QED) is 0.600. The second-order valence-electron chi connectivity index (χ2n) is 3.93. The van der Waals surface area contributed by atoms with Crippen molar-refractivity contribution in [2.24, 2.45) is 0 Å². The van der Waals surface area contributed by atoms with Gasteiger partial charge in [0.15, 0.2) is 17.2 Å². The highest BCUT2D eigenvalue weighted by molar-refractivity contribution is 6.05. The highest BCUT2D eigenvalue weighted by atomic mass is 16.4. The van der Waals surface area contributed by atoms with Gasteiger partial charge in [-0.15, -0.1) is 0 Å². The number of benzene rings is 1. The van der Waals surface area contributed by atoms with Crippen LogP contribution in [0.15, 0.2) is 25.8 Å². The lowest BCUT2D eigenvalue weighted by molar-refractivity contribution is 0.458. The van der Waals surface area contributed by atoms with Crippen LogP contribution in [0.5, 0.6) is 5.75 Å². The van der Waals surface area contributed by atoms with Crippen molar-refractivity contribution in [3.8, 4) is 5.75 Å². The molecule has 0 fully saturated rings. The van der Waals surface area contributed by atoms with E-state index in [-0.39, 0.29) is 5.75 Å². The molecule has 0 amide bonds. The van der Waals surface area contributed by atoms with Gasteiger partial charge in [-0.2, -0.15) is 0 Å². The summed E-state index contributed by atoms with van der Waals surface area (Å²) in [5.74, 6) is 0.371. The number of phenols is 1. The average Bonchev–Trinajstić information content (AvgIpc) is 2.58. The fraction of sp³-hybridized carbons (Fsp3) is 0.167. The predicted octanol–water partition coefficient (Wildman–Crippen LogP) is 2.26. The van der Waals surface area contributed by atoms with Crippen molar-refractivity contribution in [3.05, 3.63) is 34.0 Å². The summed E-state index contributed by atoms with van der Waals surface area (Å²) in [4.78, 5) is 15.5. The monoisotopic (exact) mass is 231 g/mol. The Labute approximate surface area is 95.3 Å². The summed E-state index contributed by atoms with van der Waals surface area (Å²) in [6.07, 6.45) is 0. The molecule has 0 aliphatic rings. The van der Waals surface area contributed by atoms with E-state index in [0.29, 0.717) is 28.0 Å². The van der Waals surface area contributed by atoms with Gasteiger partial charge in [0.2, 0.25) is 0 Å². The molecule has 0 radical (unpaired) electrons. The standard InChI is InChI=1S/C12H9NO4/c1-5-3-9(15)17-8-4-7(14)12-11(10(5)8)13-6(2)16-12/h3-4,14H,1-2H3. The van der Waals surface area contributed by atoms with Crippen LogP contribution in [-0.2, 0) is 0 Å². The maximum absolute atomic E-state index is 11.3. The molecule has 0 unspecified atom stereocenters. The molecule has 1 N–H and O–H groups in total. The molecule has 3 aromatic rings. The minimum absolute atomic E-state index is 0.0816. The minimum atomic E-state index is -0.450. The van der Waals surface area contributed by atoms with Gasteiger partial charge in [0, 0.05) is 19.1 Å². The maximum atomic E-state index is 11.3. The molecule has 1 aromatic carbocycles. The summed E-state index contributed by atoms with van der Waals surface area (Å²) in [5, 5.41) is 10.5. The zero-order chi connectivity index (χ0) is 12.2. The number of fused-ring (bicyclic) bond motifs is 3. The van der Waals surface area contributed by atoms with Gasteiger partial charge in [-0.1, -0.05) is 0 Å². The molecular weight excluding hydrogens is 222 g/mol. The summed E-state index contributed by atoms with van der Waals surface area (Å²) in [6, 6.07) is 2.76. The molecule has 0 bridgehead atoms. The van der Waals surface area contributed by atoms with E-state index in [4.69, 9.17) is 8.83 Å². The second kappa shape index (κ2) is 3.10. The van der Waals surface area contributed by atoms with Crippen molar-refractivity contribution in [1.82, 2.24) is 4.98 Å². The highest BCUT2D eigenvalue weighted by Crippen LogP contribution is 2.33. The summed E-state index contributed by atoms with van der Waals surface area (Å²) in [6.45, 7) is 3.49. The van der Waals surface area contributed by atoms with Crippen LogP contribution in [0.1, 0.15) is 11.5 Å². The summed E-state index contributed by atoms with van der Waals surface area (Å²) >= 11 is 0. The van der Waals surface area contributed by atoms with Crippen LogP contribution in [0.25, 0.3) is 22.1 Å². The number of phenolic OH excluding ortho intramolecular Hbond substituents is 1. The predicted molar refractivity (Wildman–Crippen MR) is 61.2 cm³/mol. The van der Waals surface area contributed by atoms with Gasteiger partial charge in [-0.3, -0.25) is 0 Å². The van der Waals surface area contributed by atoms with Gasteiger partial charge in [-0.05, 0) is 12.5 Å². The Bertz CT molecular complexity index is 797. The van der Waals surface area contributed by atoms with Crippen LogP contribution < -0.4 is 5.63 Å². The third-order valence-electron chi connectivity index (χ3n) is 2.66. The minimum Gasteiger partial charge on any atom is -0.504 e. The molecule has 2 aromatic heterocycles. The molecule has 0 aliphatic heterocycles. The highest BCUT2D eigenvalue weighted by Gasteiger charge is 2.15. The van der Waals surface area contributed by atoms with Crippen LogP contribution in [0, 0.1) is 13.8 Å². The van der Waals surface area contributed by atoms with E-state index in [1.807, 2.05) is 0 Å². The Morgan fingerprint density at radius 1 is 1.24 bits per heavy atom. The normalized spacial score (nSPS) is 11.4. The van der Waals surface area contributed by atoms with E-state index in [1.165, 1.54) is 12.1 Å². The smallest absolute Gasteiger partial charge is 0.336 e. The van der Waals surface area contributed by atoms with Gasteiger partial charge >= 0.3 is 5.63 Å². The third-order valence-corrected chi connectivity index (χ3v) is 2.66. The number of hydrogen-bond acceptors (Lipinski definition) is 5. The molecule has 2 heterocycles. The van der Waals surface area contributed by atoms with Crippen molar-refractivity contribution >= 4 is 22.1 Å². The van der Waals surface area contributed by atoms with Crippen molar-refractivity contribution in [2.45, 2.75) is 13.8 Å². The zero-order valence-electron chi connectivity index (χ0n) is 9.27. The average molecular weight is 231 g/mol. The van der Waals surface area contributed by atoms with E-state index in [9.17, 15) is 9.90 Å². The Morgan fingerprint density at radius 2 is 2.00 bits per heavy atom. The Morgan fingerprint density at radius 3 is 2.76 bits per heavy atom. The molecular formula is C12H9NO4. The number of nitrogens with zero attached hydrogens (tertiary/aromatic N) is 1. The van der Waals surface area contributed by atoms with E-state index in [2.05, 4.69) is 4.98 Å². The van der Waals surface area contributed by atoms with Crippen LogP contribution >= 0.6 is 0 Å². The third kappa shape index (κ3) is 1.32. The number of oxazole rings is 1. The molecule has 5 nitrogen and oxygen atoms in total. The molecule has 0 saturated carbocycles. The van der Waals surface area contributed by atoms with E-state index < -0.39 is 5.63 Å². The van der Waals surface area contributed by atoms with Crippen LogP contribution in [0.3, 0.4) is 0 Å². The lowest BCUT2D eigenvalue weighted by Gasteiger charge is -2.01. The fourth-order valence-corrected chi connectivity index (χ4v) is 2.00. The molecule has 0 atom stereocenters. The topological polar surface area (TPSA) is 76.5 Å². The molecule has 0 saturated heterocycles. The molecule has 17 heavy (non-hydrogen) atoms. The van der Waals surface area contributed by atoms with Gasteiger partial charge in [-0.25, -0.2) is 9.78 Å². The van der Waals surface area contributed by atoms with Gasteiger partial charge < -0.3 is 13.9 Å². The van der Waals surface area contributed by atoms with E-state index >= 15 is 0 Å². The summed E-state index contributed by atoms with van der Waals surface area (Å²) < 4.78 is 10.4. The fourth-order valence-electron chi connectivity index (χ4n) is 2.00. The molecule has 0 spiro atoms. The first-order valence-corrected chi connectivity index (χ1v) is 5.10. The molecule has 86 valence electrons. The summed E-state index contributed by atoms with van der Waals surface area (Å²) in [7, 11) is 0.